The lowest BCUT2D eigenvalue weighted by atomic mass is 10.2. The Balaban J connectivity index is 1.68. The molecular formula is C18H22N4O4. The van der Waals surface area contributed by atoms with Crippen LogP contribution in [0.25, 0.3) is 10.9 Å². The van der Waals surface area contributed by atoms with Gasteiger partial charge in [-0.2, -0.15) is 5.10 Å². The third-order valence-electron chi connectivity index (χ3n) is 4.19. The largest absolute Gasteiger partial charge is 0.370 e. The molecule has 0 aliphatic carbocycles. The van der Waals surface area contributed by atoms with E-state index in [0.717, 1.165) is 16.5 Å². The molecule has 1 saturated heterocycles. The predicted octanol–water partition coefficient (Wildman–Crippen LogP) is 1.12. The summed E-state index contributed by atoms with van der Waals surface area (Å²) in [4.78, 5) is 23.0. The fraction of sp³-hybridized carbons (Fsp3) is 0.389. The van der Waals surface area contributed by atoms with E-state index < -0.39 is 5.79 Å². The van der Waals surface area contributed by atoms with Crippen molar-refractivity contribution in [3.63, 3.8) is 0 Å². The lowest BCUT2D eigenvalue weighted by Gasteiger charge is -2.20. The van der Waals surface area contributed by atoms with Gasteiger partial charge in [-0.15, -0.1) is 0 Å². The Hall–Kier alpha value is -2.71. The highest BCUT2D eigenvalue weighted by atomic mass is 16.7. The number of rotatable bonds is 7. The number of para-hydroxylation sites is 1. The Morgan fingerprint density at radius 2 is 2.08 bits per heavy atom. The van der Waals surface area contributed by atoms with Gasteiger partial charge in [0.1, 0.15) is 0 Å². The molecule has 1 aromatic heterocycles. The minimum Gasteiger partial charge on any atom is -0.370 e. The van der Waals surface area contributed by atoms with Crippen LogP contribution in [0.2, 0.25) is 0 Å². The zero-order valence-corrected chi connectivity index (χ0v) is 14.6. The number of carbonyl (C=O) groups excluding carboxylic acids is 2. The van der Waals surface area contributed by atoms with Gasteiger partial charge in [0, 0.05) is 35.6 Å². The number of aromatic nitrogens is 1. The number of carbonyl (C=O) groups is 2. The molecule has 0 bridgehead atoms. The molecule has 1 fully saturated rings. The molecular weight excluding hydrogens is 336 g/mol. The highest BCUT2D eigenvalue weighted by Gasteiger charge is 2.33. The number of hydrogen-bond donors (Lipinski definition) is 2. The van der Waals surface area contributed by atoms with Gasteiger partial charge < -0.3 is 19.8 Å². The van der Waals surface area contributed by atoms with Crippen molar-refractivity contribution < 1.29 is 19.1 Å². The van der Waals surface area contributed by atoms with Crippen LogP contribution < -0.4 is 11.2 Å². The number of fused-ring (bicyclic) bond motifs is 1. The monoisotopic (exact) mass is 358 g/mol. The Kier molecular flexibility index (Phi) is 5.34. The minimum atomic E-state index is -0.885. The molecule has 138 valence electrons. The standard InChI is InChI=1S/C18H22N4O4/c1-18(25-8-9-26-18)10-17(24)21-20-11-13-12-22(7-6-16(19)23)15-5-3-2-4-14(13)15/h2-5,11-12H,6-10H2,1H3,(H2,19,23)(H,21,24). The van der Waals surface area contributed by atoms with E-state index in [2.05, 4.69) is 10.5 Å². The van der Waals surface area contributed by atoms with E-state index in [1.54, 1.807) is 13.1 Å². The summed E-state index contributed by atoms with van der Waals surface area (Å²) in [5, 5.41) is 5.01. The quantitative estimate of drug-likeness (QED) is 0.571. The average Bonchev–Trinajstić information content (AvgIpc) is 3.17. The average molecular weight is 358 g/mol. The maximum Gasteiger partial charge on any atom is 0.245 e. The zero-order chi connectivity index (χ0) is 18.6. The topological polar surface area (TPSA) is 108 Å². The van der Waals surface area contributed by atoms with E-state index in [0.29, 0.717) is 19.8 Å². The van der Waals surface area contributed by atoms with Crippen LogP contribution in [0.3, 0.4) is 0 Å². The number of nitrogens with one attached hydrogen (secondary N) is 1. The van der Waals surface area contributed by atoms with Gasteiger partial charge >= 0.3 is 0 Å². The molecule has 3 rings (SSSR count). The first-order valence-electron chi connectivity index (χ1n) is 8.43. The highest BCUT2D eigenvalue weighted by Crippen LogP contribution is 2.22. The smallest absolute Gasteiger partial charge is 0.245 e. The molecule has 2 aromatic rings. The normalized spacial score (nSPS) is 16.3. The number of aryl methyl sites for hydroxylation is 1. The molecule has 0 atom stereocenters. The summed E-state index contributed by atoms with van der Waals surface area (Å²) in [6, 6.07) is 7.77. The maximum absolute atomic E-state index is 12.0. The minimum absolute atomic E-state index is 0.0741. The second-order valence-corrected chi connectivity index (χ2v) is 6.31. The third-order valence-corrected chi connectivity index (χ3v) is 4.19. The molecule has 8 nitrogen and oxygen atoms in total. The van der Waals surface area contributed by atoms with Gasteiger partial charge in [0.25, 0.3) is 0 Å². The van der Waals surface area contributed by atoms with E-state index in [1.807, 2.05) is 35.0 Å². The molecule has 0 radical (unpaired) electrons. The van der Waals surface area contributed by atoms with Crippen LogP contribution in [0.15, 0.2) is 35.6 Å². The molecule has 1 aromatic carbocycles. The SMILES string of the molecule is CC1(CC(=O)NN=Cc2cn(CCC(N)=O)c3ccccc23)OCCO1. The molecule has 8 heteroatoms. The van der Waals surface area contributed by atoms with Gasteiger partial charge in [0.05, 0.1) is 25.8 Å². The van der Waals surface area contributed by atoms with Crippen LogP contribution in [0.1, 0.15) is 25.3 Å². The number of amides is 2. The van der Waals surface area contributed by atoms with Gasteiger partial charge in [-0.25, -0.2) is 5.43 Å². The molecule has 1 aliphatic rings. The first-order valence-corrected chi connectivity index (χ1v) is 8.43. The number of ether oxygens (including phenoxy) is 2. The van der Waals surface area contributed by atoms with Crippen LogP contribution in [0, 0.1) is 0 Å². The summed E-state index contributed by atoms with van der Waals surface area (Å²) < 4.78 is 12.8. The summed E-state index contributed by atoms with van der Waals surface area (Å²) in [6.45, 7) is 3.19. The second kappa shape index (κ2) is 7.67. The number of hydrogen-bond acceptors (Lipinski definition) is 5. The second-order valence-electron chi connectivity index (χ2n) is 6.31. The number of hydrazone groups is 1. The Morgan fingerprint density at radius 1 is 1.35 bits per heavy atom. The van der Waals surface area contributed by atoms with Crippen LogP contribution in [-0.4, -0.2) is 41.6 Å². The van der Waals surface area contributed by atoms with E-state index in [4.69, 9.17) is 15.2 Å². The van der Waals surface area contributed by atoms with Gasteiger partial charge in [0.15, 0.2) is 5.79 Å². The van der Waals surface area contributed by atoms with Gasteiger partial charge in [-0.1, -0.05) is 18.2 Å². The highest BCUT2D eigenvalue weighted by molar-refractivity contribution is 5.99. The molecule has 0 unspecified atom stereocenters. The molecule has 3 N–H and O–H groups in total. The predicted molar refractivity (Wildman–Crippen MR) is 96.4 cm³/mol. The lowest BCUT2D eigenvalue weighted by Crippen LogP contribution is -2.33. The Morgan fingerprint density at radius 3 is 2.81 bits per heavy atom. The van der Waals surface area contributed by atoms with E-state index in [9.17, 15) is 9.59 Å². The van der Waals surface area contributed by atoms with Crippen molar-refractivity contribution in [1.29, 1.82) is 0 Å². The lowest BCUT2D eigenvalue weighted by molar-refractivity contribution is -0.159. The van der Waals surface area contributed by atoms with Crippen molar-refractivity contribution in [3.8, 4) is 0 Å². The molecule has 2 amide bonds. The zero-order valence-electron chi connectivity index (χ0n) is 14.6. The third kappa shape index (κ3) is 4.27. The van der Waals surface area contributed by atoms with Crippen molar-refractivity contribution in [2.75, 3.05) is 13.2 Å². The van der Waals surface area contributed by atoms with Crippen molar-refractivity contribution in [2.45, 2.75) is 32.1 Å². The van der Waals surface area contributed by atoms with Gasteiger partial charge in [-0.3, -0.25) is 9.59 Å². The van der Waals surface area contributed by atoms with Gasteiger partial charge in [0.2, 0.25) is 11.8 Å². The number of benzene rings is 1. The molecule has 0 saturated carbocycles. The van der Waals surface area contributed by atoms with Crippen LogP contribution >= 0.6 is 0 Å². The molecule has 2 heterocycles. The van der Waals surface area contributed by atoms with Crippen LogP contribution in [-0.2, 0) is 25.6 Å². The summed E-state index contributed by atoms with van der Waals surface area (Å²) in [5.74, 6) is -1.53. The maximum atomic E-state index is 12.0. The fourth-order valence-corrected chi connectivity index (χ4v) is 2.96. The first kappa shape index (κ1) is 18.1. The van der Waals surface area contributed by atoms with E-state index in [-0.39, 0.29) is 24.7 Å². The van der Waals surface area contributed by atoms with E-state index in [1.165, 1.54) is 0 Å². The summed E-state index contributed by atoms with van der Waals surface area (Å²) in [7, 11) is 0. The van der Waals surface area contributed by atoms with Gasteiger partial charge in [-0.05, 0) is 13.0 Å². The fourth-order valence-electron chi connectivity index (χ4n) is 2.96. The number of nitrogens with two attached hydrogens (primary N) is 1. The Bertz CT molecular complexity index is 837. The molecule has 0 spiro atoms. The van der Waals surface area contributed by atoms with Crippen molar-refractivity contribution >= 4 is 28.9 Å². The van der Waals surface area contributed by atoms with Crippen molar-refractivity contribution in [2.24, 2.45) is 10.8 Å². The van der Waals surface area contributed by atoms with Crippen molar-refractivity contribution in [1.82, 2.24) is 9.99 Å². The van der Waals surface area contributed by atoms with Crippen LogP contribution in [0.4, 0.5) is 0 Å². The van der Waals surface area contributed by atoms with E-state index >= 15 is 0 Å². The van der Waals surface area contributed by atoms with Crippen LogP contribution in [0.5, 0.6) is 0 Å². The number of nitrogens with zero attached hydrogens (tertiary/aromatic N) is 2. The first-order chi connectivity index (χ1) is 12.5. The summed E-state index contributed by atoms with van der Waals surface area (Å²) >= 11 is 0. The number of primary amides is 1. The Labute approximate surface area is 150 Å². The molecule has 1 aliphatic heterocycles. The molecule has 26 heavy (non-hydrogen) atoms. The summed E-state index contributed by atoms with van der Waals surface area (Å²) in [5.41, 5.74) is 9.54. The van der Waals surface area contributed by atoms with Crippen molar-refractivity contribution in [3.05, 3.63) is 36.0 Å². The summed E-state index contributed by atoms with van der Waals surface area (Å²) in [6.07, 6.45) is 3.79.